The molecule has 1 rings (SSSR count). The number of benzene rings is 1. The van der Waals surface area contributed by atoms with Gasteiger partial charge in [-0.1, -0.05) is 96.9 Å². The molecule has 0 radical (unpaired) electrons. The second-order valence-electron chi connectivity index (χ2n) is 8.80. The molecule has 0 atom stereocenters. The monoisotopic (exact) mass is 372 g/mol. The minimum atomic E-state index is -0.108. The summed E-state index contributed by atoms with van der Waals surface area (Å²) in [7, 11) is 0. The molecule has 0 fully saturated rings. The van der Waals surface area contributed by atoms with Gasteiger partial charge in [-0.2, -0.15) is 0 Å². The number of ether oxygens (including phenoxy) is 1. The van der Waals surface area contributed by atoms with Crippen LogP contribution in [-0.2, 0) is 21.4 Å². The molecular weight excluding hydrogens is 332 g/mol. The van der Waals surface area contributed by atoms with Gasteiger partial charge in [0.1, 0.15) is 0 Å². The molecule has 0 N–H and O–H groups in total. The second kappa shape index (κ2) is 12.8. The molecule has 152 valence electrons. The van der Waals surface area contributed by atoms with Crippen molar-refractivity contribution in [3.63, 3.8) is 0 Å². The summed E-state index contributed by atoms with van der Waals surface area (Å²) in [6.07, 6.45) is 12.9. The Kier molecular flexibility index (Phi) is 11.1. The maximum atomic E-state index is 11.9. The fourth-order valence-corrected chi connectivity index (χ4v) is 3.11. The Hall–Kier alpha value is -1.57. The Morgan fingerprint density at radius 3 is 2.04 bits per heavy atom. The third-order valence-electron chi connectivity index (χ3n) is 4.93. The van der Waals surface area contributed by atoms with E-state index in [0.29, 0.717) is 6.42 Å². The van der Waals surface area contributed by atoms with Gasteiger partial charge in [0, 0.05) is 6.42 Å². The highest BCUT2D eigenvalue weighted by molar-refractivity contribution is 5.69. The van der Waals surface area contributed by atoms with Gasteiger partial charge in [-0.05, 0) is 41.9 Å². The third kappa shape index (κ3) is 11.0. The quantitative estimate of drug-likeness (QED) is 0.216. The van der Waals surface area contributed by atoms with Crippen molar-refractivity contribution in [1.29, 1.82) is 0 Å². The van der Waals surface area contributed by atoms with Gasteiger partial charge in [-0.25, -0.2) is 0 Å². The van der Waals surface area contributed by atoms with Gasteiger partial charge in [0.15, 0.2) is 0 Å². The van der Waals surface area contributed by atoms with Gasteiger partial charge in [0.2, 0.25) is 0 Å². The second-order valence-corrected chi connectivity index (χ2v) is 8.80. The van der Waals surface area contributed by atoms with Crippen LogP contribution in [0, 0.1) is 0 Å². The highest BCUT2D eigenvalue weighted by Gasteiger charge is 2.12. The van der Waals surface area contributed by atoms with Gasteiger partial charge in [-0.15, -0.1) is 0 Å². The van der Waals surface area contributed by atoms with Gasteiger partial charge < -0.3 is 4.74 Å². The molecule has 0 aliphatic carbocycles. The normalized spacial score (nSPS) is 12.3. The van der Waals surface area contributed by atoms with E-state index in [1.165, 1.54) is 49.7 Å². The van der Waals surface area contributed by atoms with Crippen LogP contribution in [0.1, 0.15) is 104 Å². The standard InChI is InChI=1S/C25H40O2/c1-6-7-8-9-10-11-12-13-14-24(26)27-20-21(2)19-22-15-17-23(18-16-22)25(3,4)5/h15-18,20H,6-14,19H2,1-5H3. The predicted octanol–water partition coefficient (Wildman–Crippen LogP) is 7.50. The first-order valence-corrected chi connectivity index (χ1v) is 10.8. The summed E-state index contributed by atoms with van der Waals surface area (Å²) < 4.78 is 5.31. The zero-order valence-corrected chi connectivity index (χ0v) is 18.3. The highest BCUT2D eigenvalue weighted by Crippen LogP contribution is 2.22. The Bertz CT molecular complexity index is 561. The summed E-state index contributed by atoms with van der Waals surface area (Å²) in [5.41, 5.74) is 3.83. The maximum absolute atomic E-state index is 11.9. The molecule has 0 spiro atoms. The van der Waals surface area contributed by atoms with Crippen LogP contribution in [-0.4, -0.2) is 5.97 Å². The number of rotatable bonds is 12. The van der Waals surface area contributed by atoms with Gasteiger partial charge >= 0.3 is 5.97 Å². The molecule has 27 heavy (non-hydrogen) atoms. The van der Waals surface area contributed by atoms with E-state index in [-0.39, 0.29) is 11.4 Å². The average molecular weight is 373 g/mol. The van der Waals surface area contributed by atoms with Crippen LogP contribution in [0.3, 0.4) is 0 Å². The summed E-state index contributed by atoms with van der Waals surface area (Å²) in [5.74, 6) is -0.108. The predicted molar refractivity (Wildman–Crippen MR) is 116 cm³/mol. The van der Waals surface area contributed by atoms with Crippen LogP contribution in [0.5, 0.6) is 0 Å². The molecule has 0 amide bonds. The van der Waals surface area contributed by atoms with Crippen molar-refractivity contribution in [1.82, 2.24) is 0 Å². The van der Waals surface area contributed by atoms with Crippen LogP contribution >= 0.6 is 0 Å². The molecule has 0 saturated carbocycles. The fourth-order valence-electron chi connectivity index (χ4n) is 3.11. The van der Waals surface area contributed by atoms with Gasteiger partial charge in [-0.3, -0.25) is 4.79 Å². The Labute approximate surface area is 167 Å². The number of carbonyl (C=O) groups excluding carboxylic acids is 1. The van der Waals surface area contributed by atoms with Gasteiger partial charge in [0.25, 0.3) is 0 Å². The molecule has 0 saturated heterocycles. The summed E-state index contributed by atoms with van der Waals surface area (Å²) >= 11 is 0. The van der Waals surface area contributed by atoms with Crippen LogP contribution in [0.25, 0.3) is 0 Å². The molecular formula is C25H40O2. The summed E-state index contributed by atoms with van der Waals surface area (Å²) in [4.78, 5) is 11.9. The van der Waals surface area contributed by atoms with Gasteiger partial charge in [0.05, 0.1) is 6.26 Å². The van der Waals surface area contributed by atoms with E-state index >= 15 is 0 Å². The third-order valence-corrected chi connectivity index (χ3v) is 4.93. The van der Waals surface area contributed by atoms with Crippen LogP contribution in [0.2, 0.25) is 0 Å². The number of esters is 1. The van der Waals surface area contributed by atoms with Crippen LogP contribution < -0.4 is 0 Å². The van der Waals surface area contributed by atoms with Crippen molar-refractivity contribution in [2.24, 2.45) is 0 Å². The molecule has 0 aliphatic heterocycles. The SMILES string of the molecule is CCCCCCCCCCC(=O)OC=C(C)Cc1ccc(C(C)(C)C)cc1. The fraction of sp³-hybridized carbons (Fsp3) is 0.640. The van der Waals surface area contributed by atoms with E-state index in [0.717, 1.165) is 24.8 Å². The molecule has 0 aromatic heterocycles. The molecule has 0 unspecified atom stereocenters. The van der Waals surface area contributed by atoms with Crippen LogP contribution in [0.4, 0.5) is 0 Å². The lowest BCUT2D eigenvalue weighted by atomic mass is 9.86. The molecule has 2 heteroatoms. The number of carbonyl (C=O) groups is 1. The minimum Gasteiger partial charge on any atom is -0.435 e. The zero-order valence-electron chi connectivity index (χ0n) is 18.3. The van der Waals surface area contributed by atoms with Crippen molar-refractivity contribution in [3.8, 4) is 0 Å². The largest absolute Gasteiger partial charge is 0.435 e. The summed E-state index contributed by atoms with van der Waals surface area (Å²) in [6, 6.07) is 8.72. The summed E-state index contributed by atoms with van der Waals surface area (Å²) in [6.45, 7) is 10.9. The zero-order chi connectivity index (χ0) is 20.1. The highest BCUT2D eigenvalue weighted by atomic mass is 16.5. The number of hydrogen-bond donors (Lipinski definition) is 0. The van der Waals surface area contributed by atoms with Crippen molar-refractivity contribution in [2.75, 3.05) is 0 Å². The maximum Gasteiger partial charge on any atom is 0.310 e. The average Bonchev–Trinajstić information content (AvgIpc) is 2.62. The molecule has 0 aliphatic rings. The van der Waals surface area contributed by atoms with Crippen molar-refractivity contribution >= 4 is 5.97 Å². The molecule has 1 aromatic carbocycles. The lowest BCUT2D eigenvalue weighted by Gasteiger charge is -2.19. The molecule has 0 bridgehead atoms. The minimum absolute atomic E-state index is 0.108. The molecule has 1 aromatic rings. The summed E-state index contributed by atoms with van der Waals surface area (Å²) in [5, 5.41) is 0. The number of hydrogen-bond acceptors (Lipinski definition) is 2. The van der Waals surface area contributed by atoms with Crippen molar-refractivity contribution < 1.29 is 9.53 Å². The smallest absolute Gasteiger partial charge is 0.310 e. The first kappa shape index (κ1) is 23.5. The lowest BCUT2D eigenvalue weighted by Crippen LogP contribution is -2.10. The van der Waals surface area contributed by atoms with Crippen molar-refractivity contribution in [3.05, 3.63) is 47.2 Å². The first-order valence-electron chi connectivity index (χ1n) is 10.8. The Balaban J connectivity index is 2.22. The molecule has 2 nitrogen and oxygen atoms in total. The first-order chi connectivity index (χ1) is 12.8. The topological polar surface area (TPSA) is 26.3 Å². The van der Waals surface area contributed by atoms with E-state index in [1.807, 2.05) is 6.92 Å². The molecule has 0 heterocycles. The lowest BCUT2D eigenvalue weighted by molar-refractivity contribution is -0.138. The van der Waals surface area contributed by atoms with E-state index in [1.54, 1.807) is 6.26 Å². The van der Waals surface area contributed by atoms with E-state index in [2.05, 4.69) is 52.0 Å². The Morgan fingerprint density at radius 2 is 1.48 bits per heavy atom. The van der Waals surface area contributed by atoms with Crippen LogP contribution in [0.15, 0.2) is 36.1 Å². The van der Waals surface area contributed by atoms with E-state index in [4.69, 9.17) is 4.74 Å². The Morgan fingerprint density at radius 1 is 0.926 bits per heavy atom. The van der Waals surface area contributed by atoms with E-state index < -0.39 is 0 Å². The number of allylic oxidation sites excluding steroid dienone is 1. The van der Waals surface area contributed by atoms with Crippen molar-refractivity contribution in [2.45, 2.75) is 104 Å². The number of unbranched alkanes of at least 4 members (excludes halogenated alkanes) is 7. The van der Waals surface area contributed by atoms with E-state index in [9.17, 15) is 4.79 Å².